The van der Waals surface area contributed by atoms with Gasteiger partial charge in [0.2, 0.25) is 0 Å². The van der Waals surface area contributed by atoms with Crippen LogP contribution in [-0.4, -0.2) is 13.6 Å². The van der Waals surface area contributed by atoms with Gasteiger partial charge in [-0.2, -0.15) is 0 Å². The van der Waals surface area contributed by atoms with Gasteiger partial charge in [0.25, 0.3) is 0 Å². The summed E-state index contributed by atoms with van der Waals surface area (Å²) in [5, 5.41) is 3.25. The van der Waals surface area contributed by atoms with Crippen LogP contribution in [0, 0.1) is 17.8 Å². The van der Waals surface area contributed by atoms with Crippen LogP contribution in [0.25, 0.3) is 0 Å². The first-order valence-corrected chi connectivity index (χ1v) is 5.40. The molecule has 0 radical (unpaired) electrons. The molecule has 0 spiro atoms. The standard InChI is InChI=1S/C11H23N/c1-9(2)11-6-4-5-10(11)7-8-12-3/h9-12H,4-8H2,1-3H3. The van der Waals surface area contributed by atoms with Gasteiger partial charge in [-0.05, 0) is 44.2 Å². The summed E-state index contributed by atoms with van der Waals surface area (Å²) in [4.78, 5) is 0. The maximum atomic E-state index is 3.25. The molecule has 1 rings (SSSR count). The molecule has 1 fully saturated rings. The van der Waals surface area contributed by atoms with E-state index < -0.39 is 0 Å². The molecule has 1 saturated carbocycles. The Morgan fingerprint density at radius 1 is 1.33 bits per heavy atom. The molecule has 0 aliphatic heterocycles. The molecule has 0 aromatic carbocycles. The molecule has 2 unspecified atom stereocenters. The summed E-state index contributed by atoms with van der Waals surface area (Å²) >= 11 is 0. The molecule has 1 nitrogen and oxygen atoms in total. The van der Waals surface area contributed by atoms with Crippen LogP contribution in [-0.2, 0) is 0 Å². The van der Waals surface area contributed by atoms with Gasteiger partial charge in [-0.25, -0.2) is 0 Å². The molecule has 0 aromatic rings. The van der Waals surface area contributed by atoms with Gasteiger partial charge < -0.3 is 5.32 Å². The summed E-state index contributed by atoms with van der Waals surface area (Å²) in [5.41, 5.74) is 0. The summed E-state index contributed by atoms with van der Waals surface area (Å²) in [7, 11) is 2.05. The van der Waals surface area contributed by atoms with E-state index in [0.29, 0.717) is 0 Å². The van der Waals surface area contributed by atoms with E-state index in [0.717, 1.165) is 17.8 Å². The van der Waals surface area contributed by atoms with Gasteiger partial charge in [0.15, 0.2) is 0 Å². The molecule has 0 aromatic heterocycles. The van der Waals surface area contributed by atoms with Crippen molar-refractivity contribution in [1.29, 1.82) is 0 Å². The summed E-state index contributed by atoms with van der Waals surface area (Å²) in [6.45, 7) is 5.96. The molecule has 72 valence electrons. The lowest BCUT2D eigenvalue weighted by Crippen LogP contribution is -2.19. The third-order valence-corrected chi connectivity index (χ3v) is 3.34. The van der Waals surface area contributed by atoms with E-state index in [9.17, 15) is 0 Å². The average Bonchev–Trinajstić information content (AvgIpc) is 2.48. The highest BCUT2D eigenvalue weighted by molar-refractivity contribution is 4.79. The zero-order chi connectivity index (χ0) is 8.97. The van der Waals surface area contributed by atoms with E-state index in [4.69, 9.17) is 0 Å². The molecule has 0 heterocycles. The SMILES string of the molecule is CNCCC1CCCC1C(C)C. The minimum Gasteiger partial charge on any atom is -0.320 e. The fraction of sp³-hybridized carbons (Fsp3) is 1.00. The second-order valence-electron chi connectivity index (χ2n) is 4.49. The summed E-state index contributed by atoms with van der Waals surface area (Å²) in [5.74, 6) is 2.92. The Hall–Kier alpha value is -0.0400. The van der Waals surface area contributed by atoms with E-state index in [1.54, 1.807) is 0 Å². The topological polar surface area (TPSA) is 12.0 Å². The van der Waals surface area contributed by atoms with Crippen LogP contribution in [0.5, 0.6) is 0 Å². The van der Waals surface area contributed by atoms with Crippen LogP contribution in [0.15, 0.2) is 0 Å². The van der Waals surface area contributed by atoms with Gasteiger partial charge >= 0.3 is 0 Å². The van der Waals surface area contributed by atoms with Crippen LogP contribution in [0.1, 0.15) is 39.5 Å². The smallest absolute Gasteiger partial charge is 0.00492 e. The third-order valence-electron chi connectivity index (χ3n) is 3.34. The predicted molar refractivity (Wildman–Crippen MR) is 54.2 cm³/mol. The van der Waals surface area contributed by atoms with Gasteiger partial charge in [-0.15, -0.1) is 0 Å². The van der Waals surface area contributed by atoms with Crippen molar-refractivity contribution in [1.82, 2.24) is 5.32 Å². The Kier molecular flexibility index (Phi) is 4.07. The predicted octanol–water partition coefficient (Wildman–Crippen LogP) is 2.67. The quantitative estimate of drug-likeness (QED) is 0.682. The number of rotatable bonds is 4. The Morgan fingerprint density at radius 3 is 2.67 bits per heavy atom. The minimum absolute atomic E-state index is 0.898. The van der Waals surface area contributed by atoms with Gasteiger partial charge in [0, 0.05) is 0 Å². The summed E-state index contributed by atoms with van der Waals surface area (Å²) in [6.07, 6.45) is 5.81. The summed E-state index contributed by atoms with van der Waals surface area (Å²) < 4.78 is 0. The molecule has 1 N–H and O–H groups in total. The molecule has 12 heavy (non-hydrogen) atoms. The molecule has 0 bridgehead atoms. The second-order valence-corrected chi connectivity index (χ2v) is 4.49. The first kappa shape index (κ1) is 10.0. The van der Waals surface area contributed by atoms with Crippen LogP contribution in [0.2, 0.25) is 0 Å². The molecular formula is C11H23N. The second kappa shape index (κ2) is 4.86. The lowest BCUT2D eigenvalue weighted by atomic mass is 9.84. The van der Waals surface area contributed by atoms with Gasteiger partial charge in [0.05, 0.1) is 0 Å². The molecule has 1 heteroatoms. The Morgan fingerprint density at radius 2 is 2.08 bits per heavy atom. The van der Waals surface area contributed by atoms with Gasteiger partial charge in [0.1, 0.15) is 0 Å². The van der Waals surface area contributed by atoms with Gasteiger partial charge in [-0.3, -0.25) is 0 Å². The Balaban J connectivity index is 2.30. The number of hydrogen-bond donors (Lipinski definition) is 1. The van der Waals surface area contributed by atoms with Crippen LogP contribution in [0.4, 0.5) is 0 Å². The number of hydrogen-bond acceptors (Lipinski definition) is 1. The van der Waals surface area contributed by atoms with Crippen molar-refractivity contribution >= 4 is 0 Å². The molecule has 1 aliphatic carbocycles. The van der Waals surface area contributed by atoms with Crippen molar-refractivity contribution in [3.63, 3.8) is 0 Å². The lowest BCUT2D eigenvalue weighted by molar-refractivity contribution is 0.281. The summed E-state index contributed by atoms with van der Waals surface area (Å²) in [6, 6.07) is 0. The van der Waals surface area contributed by atoms with Gasteiger partial charge in [-0.1, -0.05) is 26.7 Å². The monoisotopic (exact) mass is 169 g/mol. The average molecular weight is 169 g/mol. The highest BCUT2D eigenvalue weighted by Crippen LogP contribution is 2.38. The van der Waals surface area contributed by atoms with Crippen molar-refractivity contribution in [2.45, 2.75) is 39.5 Å². The van der Waals surface area contributed by atoms with Crippen molar-refractivity contribution in [2.75, 3.05) is 13.6 Å². The van der Waals surface area contributed by atoms with Crippen molar-refractivity contribution in [2.24, 2.45) is 17.8 Å². The van der Waals surface area contributed by atoms with E-state index in [2.05, 4.69) is 26.2 Å². The van der Waals surface area contributed by atoms with Crippen LogP contribution in [0.3, 0.4) is 0 Å². The largest absolute Gasteiger partial charge is 0.320 e. The van der Waals surface area contributed by atoms with Crippen molar-refractivity contribution in [3.05, 3.63) is 0 Å². The third kappa shape index (κ3) is 2.48. The Bertz CT molecular complexity index is 120. The van der Waals surface area contributed by atoms with E-state index in [1.165, 1.54) is 32.2 Å². The first-order chi connectivity index (χ1) is 5.75. The zero-order valence-electron chi connectivity index (χ0n) is 8.77. The fourth-order valence-corrected chi connectivity index (χ4v) is 2.63. The lowest BCUT2D eigenvalue weighted by Gasteiger charge is -2.22. The number of nitrogens with one attached hydrogen (secondary N) is 1. The normalized spacial score (nSPS) is 30.0. The highest BCUT2D eigenvalue weighted by Gasteiger charge is 2.28. The van der Waals surface area contributed by atoms with Crippen LogP contribution < -0.4 is 5.32 Å². The minimum atomic E-state index is 0.898. The molecular weight excluding hydrogens is 146 g/mol. The maximum Gasteiger partial charge on any atom is -0.00492 e. The Labute approximate surface area is 76.9 Å². The molecule has 0 saturated heterocycles. The fourth-order valence-electron chi connectivity index (χ4n) is 2.63. The highest BCUT2D eigenvalue weighted by atomic mass is 14.8. The molecule has 1 aliphatic rings. The van der Waals surface area contributed by atoms with E-state index in [-0.39, 0.29) is 0 Å². The van der Waals surface area contributed by atoms with Crippen molar-refractivity contribution in [3.8, 4) is 0 Å². The molecule has 0 amide bonds. The van der Waals surface area contributed by atoms with Crippen molar-refractivity contribution < 1.29 is 0 Å². The maximum absolute atomic E-state index is 3.25. The van der Waals surface area contributed by atoms with E-state index in [1.807, 2.05) is 0 Å². The zero-order valence-corrected chi connectivity index (χ0v) is 8.77. The molecule has 2 atom stereocenters. The van der Waals surface area contributed by atoms with Crippen LogP contribution >= 0.6 is 0 Å². The first-order valence-electron chi connectivity index (χ1n) is 5.40. The van der Waals surface area contributed by atoms with E-state index >= 15 is 0 Å².